The Kier molecular flexibility index (Phi) is 8.39. The van der Waals surface area contributed by atoms with Gasteiger partial charge in [-0.05, 0) is 50.2 Å². The van der Waals surface area contributed by atoms with Crippen molar-refractivity contribution in [3.05, 3.63) is 35.1 Å². The molecule has 1 heterocycles. The molecule has 0 atom stereocenters. The summed E-state index contributed by atoms with van der Waals surface area (Å²) in [6.45, 7) is 0.878. The molecule has 1 aliphatic heterocycles. The SMILES string of the molecule is NC1(CC(=O)N2CCC(CC(=O)NC3=CC(C(F)(F)F)=CCC(C(F)(F)F)=C3)CC2)CCCCC1. The standard InChI is InChI=1S/C24H31F6N3O2/c25-23(26,27)17-4-5-18(24(28,29)30)14-19(13-17)32-20(34)12-16-6-10-33(11-7-16)21(35)15-22(31)8-2-1-3-9-22/h4,13-14,16H,1-3,5-12,15,31H2,(H,32,34). The summed E-state index contributed by atoms with van der Waals surface area (Å²) in [4.78, 5) is 26.9. The van der Waals surface area contributed by atoms with E-state index >= 15 is 0 Å². The van der Waals surface area contributed by atoms with Crippen molar-refractivity contribution >= 4 is 11.8 Å². The number of rotatable bonds is 5. The summed E-state index contributed by atoms with van der Waals surface area (Å²) in [5.41, 5.74) is 2.95. The number of allylic oxidation sites excluding steroid dienone is 5. The Hall–Kier alpha value is -2.30. The van der Waals surface area contributed by atoms with Crippen molar-refractivity contribution in [3.8, 4) is 0 Å². The maximum absolute atomic E-state index is 13.1. The second kappa shape index (κ2) is 10.8. The first-order valence-corrected chi connectivity index (χ1v) is 11.9. The van der Waals surface area contributed by atoms with Crippen molar-refractivity contribution < 1.29 is 35.9 Å². The van der Waals surface area contributed by atoms with E-state index in [1.54, 1.807) is 4.90 Å². The average Bonchev–Trinajstić information content (AvgIpc) is 2.97. The van der Waals surface area contributed by atoms with E-state index in [4.69, 9.17) is 5.73 Å². The normalized spacial score (nSPS) is 22.0. The molecule has 3 rings (SSSR count). The Balaban J connectivity index is 1.55. The molecule has 5 nitrogen and oxygen atoms in total. The number of nitrogens with zero attached hydrogens (tertiary/aromatic N) is 1. The van der Waals surface area contributed by atoms with E-state index in [9.17, 15) is 35.9 Å². The largest absolute Gasteiger partial charge is 0.416 e. The molecule has 35 heavy (non-hydrogen) atoms. The molecule has 0 spiro atoms. The third-order valence-electron chi connectivity index (χ3n) is 6.95. The van der Waals surface area contributed by atoms with Crippen LogP contribution in [0.3, 0.4) is 0 Å². The molecule has 2 amide bonds. The summed E-state index contributed by atoms with van der Waals surface area (Å²) in [5.74, 6) is -0.807. The summed E-state index contributed by atoms with van der Waals surface area (Å²) in [5, 5.41) is 2.21. The maximum Gasteiger partial charge on any atom is 0.416 e. The highest BCUT2D eigenvalue weighted by Gasteiger charge is 2.38. The Bertz CT molecular complexity index is 890. The number of carbonyl (C=O) groups is 2. The van der Waals surface area contributed by atoms with Gasteiger partial charge in [-0.2, -0.15) is 26.3 Å². The van der Waals surface area contributed by atoms with Crippen LogP contribution in [0.5, 0.6) is 0 Å². The van der Waals surface area contributed by atoms with E-state index in [0.29, 0.717) is 44.2 Å². The molecule has 0 aromatic rings. The molecule has 0 unspecified atom stereocenters. The molecule has 2 aliphatic carbocycles. The molecule has 196 valence electrons. The van der Waals surface area contributed by atoms with Crippen LogP contribution in [0, 0.1) is 5.92 Å². The van der Waals surface area contributed by atoms with Crippen molar-refractivity contribution in [3.63, 3.8) is 0 Å². The van der Waals surface area contributed by atoms with Crippen molar-refractivity contribution in [2.24, 2.45) is 11.7 Å². The number of hydrogen-bond acceptors (Lipinski definition) is 3. The molecular formula is C24H31F6N3O2. The molecule has 1 saturated carbocycles. The minimum absolute atomic E-state index is 0.0165. The van der Waals surface area contributed by atoms with E-state index in [2.05, 4.69) is 5.32 Å². The predicted octanol–water partition coefficient (Wildman–Crippen LogP) is 5.05. The number of carbonyl (C=O) groups excluding carboxylic acids is 2. The lowest BCUT2D eigenvalue weighted by Gasteiger charge is -2.37. The van der Waals surface area contributed by atoms with Gasteiger partial charge in [0.25, 0.3) is 0 Å². The van der Waals surface area contributed by atoms with Gasteiger partial charge in [0, 0.05) is 42.7 Å². The summed E-state index contributed by atoms with van der Waals surface area (Å²) in [7, 11) is 0. The Labute approximate surface area is 200 Å². The minimum atomic E-state index is -4.84. The van der Waals surface area contributed by atoms with Gasteiger partial charge in [-0.1, -0.05) is 25.3 Å². The van der Waals surface area contributed by atoms with Crippen LogP contribution >= 0.6 is 0 Å². The van der Waals surface area contributed by atoms with E-state index in [1.165, 1.54) is 0 Å². The zero-order valence-electron chi connectivity index (χ0n) is 19.4. The van der Waals surface area contributed by atoms with Crippen LogP contribution in [0.4, 0.5) is 26.3 Å². The molecule has 3 aliphatic rings. The van der Waals surface area contributed by atoms with Crippen LogP contribution in [-0.4, -0.2) is 47.7 Å². The van der Waals surface area contributed by atoms with E-state index in [0.717, 1.165) is 32.1 Å². The minimum Gasteiger partial charge on any atom is -0.343 e. The molecule has 0 bridgehead atoms. The summed E-state index contributed by atoms with van der Waals surface area (Å²) in [6.07, 6.45) is -3.02. The number of alkyl halides is 6. The van der Waals surface area contributed by atoms with Gasteiger partial charge in [-0.25, -0.2) is 0 Å². The van der Waals surface area contributed by atoms with E-state index < -0.39 is 47.1 Å². The maximum atomic E-state index is 13.1. The van der Waals surface area contributed by atoms with Gasteiger partial charge in [-0.15, -0.1) is 0 Å². The molecular weight excluding hydrogens is 476 g/mol. The topological polar surface area (TPSA) is 75.4 Å². The molecule has 0 radical (unpaired) electrons. The van der Waals surface area contributed by atoms with Crippen LogP contribution in [0.1, 0.15) is 64.2 Å². The fourth-order valence-corrected chi connectivity index (χ4v) is 4.91. The lowest BCUT2D eigenvalue weighted by Crippen LogP contribution is -2.48. The van der Waals surface area contributed by atoms with Gasteiger partial charge >= 0.3 is 12.4 Å². The number of hydrogen-bond donors (Lipinski definition) is 2. The summed E-state index contributed by atoms with van der Waals surface area (Å²) < 4.78 is 78.8. The fourth-order valence-electron chi connectivity index (χ4n) is 4.91. The number of halogens is 6. The first kappa shape index (κ1) is 27.3. The number of likely N-dealkylation sites (tertiary alicyclic amines) is 1. The molecule has 3 N–H and O–H groups in total. The highest BCUT2D eigenvalue weighted by molar-refractivity contribution is 5.79. The number of amides is 2. The van der Waals surface area contributed by atoms with Gasteiger partial charge in [0.05, 0.1) is 5.57 Å². The van der Waals surface area contributed by atoms with Crippen LogP contribution in [-0.2, 0) is 9.59 Å². The van der Waals surface area contributed by atoms with Crippen molar-refractivity contribution in [1.82, 2.24) is 10.2 Å². The Morgan fingerprint density at radius 1 is 1.00 bits per heavy atom. The van der Waals surface area contributed by atoms with Gasteiger partial charge in [-0.3, -0.25) is 9.59 Å². The van der Waals surface area contributed by atoms with Crippen molar-refractivity contribution in [1.29, 1.82) is 0 Å². The quantitative estimate of drug-likeness (QED) is 0.512. The zero-order valence-corrected chi connectivity index (χ0v) is 19.4. The summed E-state index contributed by atoms with van der Waals surface area (Å²) in [6, 6.07) is 0. The molecule has 0 aromatic carbocycles. The number of piperidine rings is 1. The third kappa shape index (κ3) is 7.85. The molecule has 1 saturated heterocycles. The second-order valence-corrected chi connectivity index (χ2v) is 9.80. The third-order valence-corrected chi connectivity index (χ3v) is 6.95. The van der Waals surface area contributed by atoms with Crippen LogP contribution in [0.15, 0.2) is 35.1 Å². The average molecular weight is 508 g/mol. The lowest BCUT2D eigenvalue weighted by molar-refractivity contribution is -0.134. The van der Waals surface area contributed by atoms with E-state index in [-0.39, 0.29) is 24.7 Å². The number of nitrogens with two attached hydrogens (primary N) is 1. The zero-order chi connectivity index (χ0) is 25.9. The fraction of sp³-hybridized carbons (Fsp3) is 0.667. The first-order valence-electron chi connectivity index (χ1n) is 11.9. The second-order valence-electron chi connectivity index (χ2n) is 9.80. The van der Waals surface area contributed by atoms with Crippen molar-refractivity contribution in [2.75, 3.05) is 13.1 Å². The highest BCUT2D eigenvalue weighted by Crippen LogP contribution is 2.36. The highest BCUT2D eigenvalue weighted by atomic mass is 19.4. The number of nitrogens with one attached hydrogen (secondary N) is 1. The van der Waals surface area contributed by atoms with Gasteiger partial charge in [0.2, 0.25) is 11.8 Å². The summed E-state index contributed by atoms with van der Waals surface area (Å²) >= 11 is 0. The van der Waals surface area contributed by atoms with Crippen LogP contribution in [0.25, 0.3) is 0 Å². The Morgan fingerprint density at radius 3 is 2.20 bits per heavy atom. The van der Waals surface area contributed by atoms with Crippen LogP contribution < -0.4 is 11.1 Å². The lowest BCUT2D eigenvalue weighted by atomic mass is 9.79. The monoisotopic (exact) mass is 507 g/mol. The van der Waals surface area contributed by atoms with Crippen LogP contribution in [0.2, 0.25) is 0 Å². The van der Waals surface area contributed by atoms with E-state index in [1.807, 2.05) is 0 Å². The smallest absolute Gasteiger partial charge is 0.343 e. The van der Waals surface area contributed by atoms with Gasteiger partial charge < -0.3 is 16.0 Å². The molecule has 0 aromatic heterocycles. The van der Waals surface area contributed by atoms with Gasteiger partial charge in [0.15, 0.2) is 0 Å². The first-order chi connectivity index (χ1) is 16.2. The van der Waals surface area contributed by atoms with Gasteiger partial charge in [0.1, 0.15) is 0 Å². The van der Waals surface area contributed by atoms with Crippen molar-refractivity contribution in [2.45, 2.75) is 82.1 Å². The predicted molar refractivity (Wildman–Crippen MR) is 118 cm³/mol. The molecule has 11 heteroatoms. The Morgan fingerprint density at radius 2 is 1.63 bits per heavy atom. The molecule has 2 fully saturated rings.